The van der Waals surface area contributed by atoms with E-state index in [9.17, 15) is 9.59 Å². The predicted molar refractivity (Wildman–Crippen MR) is 107 cm³/mol. The number of amides is 2. The summed E-state index contributed by atoms with van der Waals surface area (Å²) in [7, 11) is 3.39. The molecule has 0 aliphatic heterocycles. The van der Waals surface area contributed by atoms with Gasteiger partial charge in [0, 0.05) is 27.2 Å². The average molecular weight is 377 g/mol. The zero-order valence-electron chi connectivity index (χ0n) is 16.8. The van der Waals surface area contributed by atoms with Crippen LogP contribution in [0.25, 0.3) is 0 Å². The summed E-state index contributed by atoms with van der Waals surface area (Å²) in [5, 5.41) is 8.77. The van der Waals surface area contributed by atoms with Gasteiger partial charge in [0.05, 0.1) is 13.1 Å². The average Bonchev–Trinajstić information content (AvgIpc) is 2.59. The molecule has 2 amide bonds. The molecule has 0 radical (unpaired) electrons. The maximum absolute atomic E-state index is 11.8. The first-order valence-electron chi connectivity index (χ1n) is 8.90. The highest BCUT2D eigenvalue weighted by Gasteiger charge is 2.15. The van der Waals surface area contributed by atoms with Gasteiger partial charge < -0.3 is 25.6 Å². The monoisotopic (exact) mass is 377 g/mol. The van der Waals surface area contributed by atoms with E-state index in [1.807, 2.05) is 51.1 Å². The summed E-state index contributed by atoms with van der Waals surface area (Å²) in [5.41, 5.74) is 0.526. The molecule has 0 fully saturated rings. The molecular formula is C19H31N5O3. The van der Waals surface area contributed by atoms with E-state index in [0.29, 0.717) is 25.6 Å². The summed E-state index contributed by atoms with van der Waals surface area (Å²) < 4.78 is 5.18. The van der Waals surface area contributed by atoms with Gasteiger partial charge >= 0.3 is 6.09 Å². The molecule has 0 aliphatic carbocycles. The summed E-state index contributed by atoms with van der Waals surface area (Å²) >= 11 is 0. The van der Waals surface area contributed by atoms with Crippen molar-refractivity contribution < 1.29 is 14.3 Å². The van der Waals surface area contributed by atoms with Crippen LogP contribution in [-0.2, 0) is 16.1 Å². The number of hydrogen-bond acceptors (Lipinski definition) is 4. The highest BCUT2D eigenvalue weighted by molar-refractivity contribution is 5.86. The molecule has 0 saturated heterocycles. The minimum atomic E-state index is -0.534. The number of carbonyl (C=O) groups is 2. The third-order valence-electron chi connectivity index (χ3n) is 3.25. The molecule has 0 unspecified atom stereocenters. The van der Waals surface area contributed by atoms with Crippen molar-refractivity contribution >= 4 is 18.0 Å². The van der Waals surface area contributed by atoms with Gasteiger partial charge in [-0.05, 0) is 26.3 Å². The molecule has 0 spiro atoms. The lowest BCUT2D eigenvalue weighted by atomic mass is 10.2. The van der Waals surface area contributed by atoms with Crippen LogP contribution in [0.2, 0.25) is 0 Å². The van der Waals surface area contributed by atoms with Gasteiger partial charge in [-0.3, -0.25) is 4.79 Å². The number of hydrogen-bond donors (Lipinski definition) is 3. The Morgan fingerprint density at radius 2 is 1.67 bits per heavy atom. The van der Waals surface area contributed by atoms with Crippen LogP contribution in [0.4, 0.5) is 4.79 Å². The molecule has 0 aliphatic rings. The fourth-order valence-electron chi connectivity index (χ4n) is 1.91. The highest BCUT2D eigenvalue weighted by Crippen LogP contribution is 2.06. The molecule has 1 aromatic carbocycles. The summed E-state index contributed by atoms with van der Waals surface area (Å²) in [6.07, 6.45) is -0.470. The number of aliphatic imine (C=N–C) groups is 1. The molecule has 8 nitrogen and oxygen atoms in total. The zero-order valence-corrected chi connectivity index (χ0v) is 16.8. The van der Waals surface area contributed by atoms with Crippen molar-refractivity contribution in [3.05, 3.63) is 35.9 Å². The van der Waals surface area contributed by atoms with Crippen LogP contribution in [0.5, 0.6) is 0 Å². The number of benzene rings is 1. The van der Waals surface area contributed by atoms with Crippen LogP contribution in [-0.4, -0.2) is 62.2 Å². The Labute approximate surface area is 161 Å². The second kappa shape index (κ2) is 11.1. The topological polar surface area (TPSA) is 95.1 Å². The van der Waals surface area contributed by atoms with Crippen molar-refractivity contribution in [2.24, 2.45) is 4.99 Å². The lowest BCUT2D eigenvalue weighted by Gasteiger charge is -2.20. The molecule has 1 aromatic rings. The number of nitrogens with one attached hydrogen (secondary N) is 3. The molecular weight excluding hydrogens is 346 g/mol. The molecule has 0 aromatic heterocycles. The Balaban J connectivity index is 2.52. The number of ether oxygens (including phenoxy) is 1. The van der Waals surface area contributed by atoms with E-state index in [1.165, 1.54) is 4.90 Å². The van der Waals surface area contributed by atoms with Gasteiger partial charge in [0.2, 0.25) is 5.91 Å². The van der Waals surface area contributed by atoms with E-state index in [2.05, 4.69) is 20.9 Å². The molecule has 0 atom stereocenters. The minimum Gasteiger partial charge on any atom is -0.444 e. The third-order valence-corrected chi connectivity index (χ3v) is 3.25. The normalized spacial score (nSPS) is 11.5. The van der Waals surface area contributed by atoms with Crippen molar-refractivity contribution in [3.63, 3.8) is 0 Å². The van der Waals surface area contributed by atoms with Crippen molar-refractivity contribution in [3.8, 4) is 0 Å². The molecule has 3 N–H and O–H groups in total. The summed E-state index contributed by atoms with van der Waals surface area (Å²) in [5.74, 6) is 0.441. The smallest absolute Gasteiger partial charge is 0.407 e. The van der Waals surface area contributed by atoms with Gasteiger partial charge in [-0.1, -0.05) is 30.3 Å². The summed E-state index contributed by atoms with van der Waals surface area (Å²) in [6.45, 7) is 6.85. The molecule has 1 rings (SSSR count). The van der Waals surface area contributed by atoms with E-state index in [4.69, 9.17) is 4.74 Å². The Kier molecular flexibility index (Phi) is 9.12. The predicted octanol–water partition coefficient (Wildman–Crippen LogP) is 1.33. The summed E-state index contributed by atoms with van der Waals surface area (Å²) in [4.78, 5) is 29.4. The van der Waals surface area contributed by atoms with E-state index in [-0.39, 0.29) is 12.5 Å². The number of guanidine groups is 1. The first-order valence-corrected chi connectivity index (χ1v) is 8.90. The van der Waals surface area contributed by atoms with Crippen LogP contribution >= 0.6 is 0 Å². The van der Waals surface area contributed by atoms with Crippen LogP contribution in [0.3, 0.4) is 0 Å². The second-order valence-corrected chi connectivity index (χ2v) is 7.15. The van der Waals surface area contributed by atoms with E-state index in [1.54, 1.807) is 14.1 Å². The van der Waals surface area contributed by atoms with Gasteiger partial charge in [0.1, 0.15) is 5.60 Å². The standard InChI is InChI=1S/C19H31N5O3/c1-19(2,3)27-18(26)21-12-11-20-17(23-14-16(25)24(4)5)22-13-15-9-7-6-8-10-15/h6-10H,11-14H2,1-5H3,(H,21,26)(H2,20,22,23). The first kappa shape index (κ1) is 22.3. The van der Waals surface area contributed by atoms with Crippen LogP contribution in [0.15, 0.2) is 35.3 Å². The maximum Gasteiger partial charge on any atom is 0.407 e. The van der Waals surface area contributed by atoms with Gasteiger partial charge in [-0.15, -0.1) is 0 Å². The van der Waals surface area contributed by atoms with E-state index >= 15 is 0 Å². The molecule has 27 heavy (non-hydrogen) atoms. The first-order chi connectivity index (χ1) is 12.7. The maximum atomic E-state index is 11.8. The van der Waals surface area contributed by atoms with E-state index < -0.39 is 11.7 Å². The summed E-state index contributed by atoms with van der Waals surface area (Å²) in [6, 6.07) is 9.81. The van der Waals surface area contributed by atoms with Crippen molar-refractivity contribution in [1.82, 2.24) is 20.9 Å². The Morgan fingerprint density at radius 3 is 2.26 bits per heavy atom. The number of nitrogens with zero attached hydrogens (tertiary/aromatic N) is 2. The molecule has 0 saturated carbocycles. The molecule has 8 heteroatoms. The molecule has 0 heterocycles. The Bertz CT molecular complexity index is 624. The number of alkyl carbamates (subject to hydrolysis) is 1. The van der Waals surface area contributed by atoms with Crippen molar-refractivity contribution in [1.29, 1.82) is 0 Å². The molecule has 150 valence electrons. The zero-order chi connectivity index (χ0) is 20.3. The largest absolute Gasteiger partial charge is 0.444 e. The SMILES string of the molecule is CN(C)C(=O)CNC(=NCc1ccccc1)NCCNC(=O)OC(C)(C)C. The van der Waals surface area contributed by atoms with Crippen molar-refractivity contribution in [2.75, 3.05) is 33.7 Å². The minimum absolute atomic E-state index is 0.0592. The molecule has 0 bridgehead atoms. The van der Waals surface area contributed by atoms with Crippen molar-refractivity contribution in [2.45, 2.75) is 32.9 Å². The number of carbonyl (C=O) groups excluding carboxylic acids is 2. The van der Waals surface area contributed by atoms with Crippen LogP contribution < -0.4 is 16.0 Å². The van der Waals surface area contributed by atoms with Crippen LogP contribution in [0.1, 0.15) is 26.3 Å². The quantitative estimate of drug-likeness (QED) is 0.379. The fraction of sp³-hybridized carbons (Fsp3) is 0.526. The van der Waals surface area contributed by atoms with E-state index in [0.717, 1.165) is 5.56 Å². The Morgan fingerprint density at radius 1 is 1.04 bits per heavy atom. The number of rotatable bonds is 7. The number of likely N-dealkylation sites (N-methyl/N-ethyl adjacent to an activating group) is 1. The third kappa shape index (κ3) is 10.7. The lowest BCUT2D eigenvalue weighted by Crippen LogP contribution is -2.45. The van der Waals surface area contributed by atoms with Gasteiger partial charge in [-0.25, -0.2) is 9.79 Å². The van der Waals surface area contributed by atoms with Gasteiger partial charge in [-0.2, -0.15) is 0 Å². The Hall–Kier alpha value is -2.77. The van der Waals surface area contributed by atoms with Gasteiger partial charge in [0.25, 0.3) is 0 Å². The van der Waals surface area contributed by atoms with Crippen LogP contribution in [0, 0.1) is 0 Å². The fourth-order valence-corrected chi connectivity index (χ4v) is 1.91. The van der Waals surface area contributed by atoms with Gasteiger partial charge in [0.15, 0.2) is 5.96 Å². The lowest BCUT2D eigenvalue weighted by molar-refractivity contribution is -0.127. The highest BCUT2D eigenvalue weighted by atomic mass is 16.6. The second-order valence-electron chi connectivity index (χ2n) is 7.15.